The summed E-state index contributed by atoms with van der Waals surface area (Å²) in [4.78, 5) is 0.318. The van der Waals surface area contributed by atoms with Gasteiger partial charge in [-0.3, -0.25) is 0 Å². The summed E-state index contributed by atoms with van der Waals surface area (Å²) in [5.74, 6) is 0.620. The lowest BCUT2D eigenvalue weighted by Gasteiger charge is -2.06. The number of benzene rings is 2. The number of methoxy groups -OCH3 is 1. The van der Waals surface area contributed by atoms with E-state index in [0.717, 1.165) is 4.47 Å². The summed E-state index contributed by atoms with van der Waals surface area (Å²) in [6.45, 7) is 0. The molecule has 2 aromatic rings. The van der Waals surface area contributed by atoms with Crippen LogP contribution in [0.5, 0.6) is 5.75 Å². The molecule has 0 heterocycles. The van der Waals surface area contributed by atoms with Crippen LogP contribution >= 0.6 is 15.9 Å². The van der Waals surface area contributed by atoms with Gasteiger partial charge >= 0.3 is 0 Å². The van der Waals surface area contributed by atoms with Crippen LogP contribution in [0.4, 0.5) is 0 Å². The fourth-order valence-electron chi connectivity index (χ4n) is 1.71. The molecular weight excluding hydrogens is 328 g/mol. The minimum absolute atomic E-state index is 0.0359. The number of halogens is 1. The van der Waals surface area contributed by atoms with Crippen LogP contribution in [0.1, 0.15) is 5.56 Å². The van der Waals surface area contributed by atoms with Gasteiger partial charge in [0.2, 0.25) is 0 Å². The molecule has 3 nitrogen and oxygen atoms in total. The number of sulfone groups is 1. The number of hydrogen-bond acceptors (Lipinski definition) is 3. The highest BCUT2D eigenvalue weighted by Crippen LogP contribution is 2.21. The Morgan fingerprint density at radius 1 is 1.11 bits per heavy atom. The Labute approximate surface area is 121 Å². The molecule has 0 fully saturated rings. The maximum Gasteiger partial charge on any atom is 0.182 e. The van der Waals surface area contributed by atoms with Crippen molar-refractivity contribution in [3.63, 3.8) is 0 Å². The predicted octanol–water partition coefficient (Wildman–Crippen LogP) is 3.43. The fourth-order valence-corrected chi connectivity index (χ4v) is 3.31. The molecule has 0 aliphatic rings. The summed E-state index contributed by atoms with van der Waals surface area (Å²) >= 11 is 3.29. The van der Waals surface area contributed by atoms with Crippen molar-refractivity contribution in [3.05, 3.63) is 58.6 Å². The Bertz CT molecular complexity index is 663. The van der Waals surface area contributed by atoms with Crippen molar-refractivity contribution in [3.8, 4) is 5.75 Å². The lowest BCUT2D eigenvalue weighted by Crippen LogP contribution is -2.04. The van der Waals surface area contributed by atoms with Crippen molar-refractivity contribution in [1.29, 1.82) is 0 Å². The second-order valence-electron chi connectivity index (χ2n) is 4.06. The van der Waals surface area contributed by atoms with Gasteiger partial charge in [0.15, 0.2) is 9.84 Å². The monoisotopic (exact) mass is 340 g/mol. The molecule has 0 aliphatic heterocycles. The van der Waals surface area contributed by atoms with E-state index in [-0.39, 0.29) is 5.75 Å². The quantitative estimate of drug-likeness (QED) is 0.856. The standard InChI is InChI=1S/C14H13BrO3S/c1-18-13-4-2-3-11(9-13)10-19(16,17)14-7-5-12(15)6-8-14/h2-9H,10H2,1H3. The Hall–Kier alpha value is -1.33. The molecule has 0 aliphatic carbocycles. The van der Waals surface area contributed by atoms with Crippen molar-refractivity contribution >= 4 is 25.8 Å². The van der Waals surface area contributed by atoms with E-state index in [0.29, 0.717) is 16.2 Å². The third-order valence-corrected chi connectivity index (χ3v) is 4.90. The molecule has 2 rings (SSSR count). The lowest BCUT2D eigenvalue weighted by atomic mass is 10.2. The zero-order chi connectivity index (χ0) is 13.9. The van der Waals surface area contributed by atoms with Gasteiger partial charge in [-0.15, -0.1) is 0 Å². The van der Waals surface area contributed by atoms with Gasteiger partial charge < -0.3 is 4.74 Å². The first kappa shape index (κ1) is 14.1. The Morgan fingerprint density at radius 3 is 2.42 bits per heavy atom. The molecule has 19 heavy (non-hydrogen) atoms. The van der Waals surface area contributed by atoms with Gasteiger partial charge in [-0.05, 0) is 42.0 Å². The molecule has 5 heteroatoms. The summed E-state index contributed by atoms with van der Waals surface area (Å²) < 4.78 is 30.5. The Morgan fingerprint density at radius 2 is 1.79 bits per heavy atom. The molecule has 2 aromatic carbocycles. The second kappa shape index (κ2) is 5.75. The highest BCUT2D eigenvalue weighted by molar-refractivity contribution is 9.10. The highest BCUT2D eigenvalue weighted by Gasteiger charge is 2.15. The van der Waals surface area contributed by atoms with Crippen molar-refractivity contribution in [2.75, 3.05) is 7.11 Å². The Balaban J connectivity index is 2.28. The number of hydrogen-bond donors (Lipinski definition) is 0. The Kier molecular flexibility index (Phi) is 4.27. The van der Waals surface area contributed by atoms with Crippen LogP contribution in [0.2, 0.25) is 0 Å². The maximum atomic E-state index is 12.3. The lowest BCUT2D eigenvalue weighted by molar-refractivity contribution is 0.414. The van der Waals surface area contributed by atoms with Crippen molar-refractivity contribution in [2.24, 2.45) is 0 Å². The average Bonchev–Trinajstić information content (AvgIpc) is 2.39. The van der Waals surface area contributed by atoms with Crippen LogP contribution in [0.3, 0.4) is 0 Å². The molecule has 0 amide bonds. The molecule has 0 aromatic heterocycles. The van der Waals surface area contributed by atoms with Gasteiger partial charge in [0.1, 0.15) is 5.75 Å². The van der Waals surface area contributed by atoms with Gasteiger partial charge in [-0.2, -0.15) is 0 Å². The summed E-state index contributed by atoms with van der Waals surface area (Å²) in [5.41, 5.74) is 0.710. The van der Waals surface area contributed by atoms with E-state index in [2.05, 4.69) is 15.9 Å². The van der Waals surface area contributed by atoms with E-state index in [1.54, 1.807) is 55.6 Å². The summed E-state index contributed by atoms with van der Waals surface area (Å²) in [7, 11) is -1.77. The topological polar surface area (TPSA) is 43.4 Å². The van der Waals surface area contributed by atoms with Crippen LogP contribution in [-0.2, 0) is 15.6 Å². The maximum absolute atomic E-state index is 12.3. The van der Waals surface area contributed by atoms with Crippen LogP contribution in [0.25, 0.3) is 0 Å². The molecule has 0 spiro atoms. The van der Waals surface area contributed by atoms with Gasteiger partial charge in [-0.25, -0.2) is 8.42 Å². The highest BCUT2D eigenvalue weighted by atomic mass is 79.9. The van der Waals surface area contributed by atoms with Crippen LogP contribution < -0.4 is 4.74 Å². The van der Waals surface area contributed by atoms with Crippen LogP contribution in [0, 0.1) is 0 Å². The largest absolute Gasteiger partial charge is 0.497 e. The molecule has 0 saturated heterocycles. The van der Waals surface area contributed by atoms with Crippen molar-refractivity contribution in [1.82, 2.24) is 0 Å². The first-order valence-corrected chi connectivity index (χ1v) is 8.07. The summed E-state index contributed by atoms with van der Waals surface area (Å²) in [5, 5.41) is 0. The number of rotatable bonds is 4. The summed E-state index contributed by atoms with van der Waals surface area (Å²) in [6, 6.07) is 13.7. The van der Waals surface area contributed by atoms with E-state index in [9.17, 15) is 8.42 Å². The van der Waals surface area contributed by atoms with Gasteiger partial charge in [0, 0.05) is 4.47 Å². The second-order valence-corrected chi connectivity index (χ2v) is 6.97. The van der Waals surface area contributed by atoms with Gasteiger partial charge in [-0.1, -0.05) is 28.1 Å². The minimum atomic E-state index is -3.33. The molecule has 100 valence electrons. The van der Waals surface area contributed by atoms with E-state index < -0.39 is 9.84 Å². The summed E-state index contributed by atoms with van der Waals surface area (Å²) in [6.07, 6.45) is 0. The SMILES string of the molecule is COc1cccc(CS(=O)(=O)c2ccc(Br)cc2)c1. The molecule has 0 N–H and O–H groups in total. The first-order valence-electron chi connectivity index (χ1n) is 5.62. The third kappa shape index (κ3) is 3.58. The van der Waals surface area contributed by atoms with Gasteiger partial charge in [0.05, 0.1) is 17.8 Å². The predicted molar refractivity (Wildman–Crippen MR) is 78.0 cm³/mol. The minimum Gasteiger partial charge on any atom is -0.497 e. The molecule has 0 saturated carbocycles. The van der Waals surface area contributed by atoms with Crippen molar-refractivity contribution < 1.29 is 13.2 Å². The fraction of sp³-hybridized carbons (Fsp3) is 0.143. The van der Waals surface area contributed by atoms with Gasteiger partial charge in [0.25, 0.3) is 0 Å². The van der Waals surface area contributed by atoms with Crippen LogP contribution in [0.15, 0.2) is 57.9 Å². The van der Waals surface area contributed by atoms with Crippen molar-refractivity contribution in [2.45, 2.75) is 10.6 Å². The first-order chi connectivity index (χ1) is 9.01. The number of ether oxygens (including phenoxy) is 1. The normalized spacial score (nSPS) is 11.3. The van der Waals surface area contributed by atoms with E-state index >= 15 is 0 Å². The molecular formula is C14H13BrO3S. The molecule has 0 radical (unpaired) electrons. The zero-order valence-corrected chi connectivity index (χ0v) is 12.7. The zero-order valence-electron chi connectivity index (χ0n) is 10.3. The third-order valence-electron chi connectivity index (χ3n) is 2.66. The van der Waals surface area contributed by atoms with E-state index in [1.807, 2.05) is 0 Å². The molecule has 0 unspecified atom stereocenters. The smallest absolute Gasteiger partial charge is 0.182 e. The van der Waals surface area contributed by atoms with E-state index in [1.165, 1.54) is 0 Å². The molecule has 0 atom stereocenters. The molecule has 0 bridgehead atoms. The average molecular weight is 341 g/mol. The van der Waals surface area contributed by atoms with Crippen LogP contribution in [-0.4, -0.2) is 15.5 Å². The van der Waals surface area contributed by atoms with E-state index in [4.69, 9.17) is 4.74 Å².